The first-order chi connectivity index (χ1) is 8.83. The summed E-state index contributed by atoms with van der Waals surface area (Å²) in [5.41, 5.74) is 1.23. The van der Waals surface area contributed by atoms with Crippen molar-refractivity contribution in [3.8, 4) is 5.75 Å². The molecule has 2 heterocycles. The van der Waals surface area contributed by atoms with Gasteiger partial charge in [-0.05, 0) is 49.5 Å². The first-order valence-electron chi connectivity index (χ1n) is 6.73. The van der Waals surface area contributed by atoms with E-state index in [0.29, 0.717) is 0 Å². The Bertz CT molecular complexity index is 526. The van der Waals surface area contributed by atoms with Crippen LogP contribution >= 0.6 is 0 Å². The molecule has 3 nitrogen and oxygen atoms in total. The molecule has 0 atom stereocenters. The van der Waals surface area contributed by atoms with Crippen molar-refractivity contribution in [2.24, 2.45) is 7.05 Å². The number of likely N-dealkylation sites (tertiary alicyclic amines) is 1. The van der Waals surface area contributed by atoms with Crippen LogP contribution in [-0.2, 0) is 7.05 Å². The third-order valence-corrected chi connectivity index (χ3v) is 3.73. The first kappa shape index (κ1) is 11.6. The normalized spacial score (nSPS) is 16.5. The van der Waals surface area contributed by atoms with E-state index in [1.807, 2.05) is 0 Å². The van der Waals surface area contributed by atoms with Crippen molar-refractivity contribution >= 4 is 10.9 Å². The zero-order valence-electron chi connectivity index (χ0n) is 10.9. The Morgan fingerprint density at radius 2 is 2.00 bits per heavy atom. The van der Waals surface area contributed by atoms with Gasteiger partial charge in [-0.1, -0.05) is 0 Å². The Morgan fingerprint density at radius 3 is 2.83 bits per heavy atom. The predicted octanol–water partition coefficient (Wildman–Crippen LogP) is 2.65. The van der Waals surface area contributed by atoms with Crippen LogP contribution in [0.3, 0.4) is 0 Å². The molecule has 3 rings (SSSR count). The summed E-state index contributed by atoms with van der Waals surface area (Å²) in [5, 5.41) is 1.27. The number of hydrogen-bond donors (Lipinski definition) is 0. The molecule has 3 heteroatoms. The van der Waals surface area contributed by atoms with Gasteiger partial charge in [0.05, 0.1) is 5.52 Å². The van der Waals surface area contributed by atoms with Crippen LogP contribution in [0.1, 0.15) is 12.8 Å². The van der Waals surface area contributed by atoms with Gasteiger partial charge in [-0.2, -0.15) is 0 Å². The van der Waals surface area contributed by atoms with Crippen molar-refractivity contribution < 1.29 is 4.74 Å². The molecule has 1 saturated heterocycles. The molecule has 0 aliphatic carbocycles. The van der Waals surface area contributed by atoms with Crippen LogP contribution < -0.4 is 4.74 Å². The van der Waals surface area contributed by atoms with E-state index in [4.69, 9.17) is 4.74 Å². The summed E-state index contributed by atoms with van der Waals surface area (Å²) in [6.45, 7) is 4.31. The highest BCUT2D eigenvalue weighted by Crippen LogP contribution is 2.21. The monoisotopic (exact) mass is 244 g/mol. The fraction of sp³-hybridized carbons (Fsp3) is 0.467. The lowest BCUT2D eigenvalue weighted by Gasteiger charge is -2.15. The van der Waals surface area contributed by atoms with E-state index in [1.54, 1.807) is 0 Å². The molecule has 0 spiro atoms. The Labute approximate surface area is 108 Å². The summed E-state index contributed by atoms with van der Waals surface area (Å²) in [6, 6.07) is 8.44. The maximum Gasteiger partial charge on any atom is 0.121 e. The van der Waals surface area contributed by atoms with E-state index in [1.165, 1.54) is 36.8 Å². The number of aryl methyl sites for hydroxylation is 1. The summed E-state index contributed by atoms with van der Waals surface area (Å²) < 4.78 is 7.97. The molecule has 1 aromatic carbocycles. The Morgan fingerprint density at radius 1 is 1.17 bits per heavy atom. The van der Waals surface area contributed by atoms with E-state index in [2.05, 4.69) is 47.0 Å². The van der Waals surface area contributed by atoms with Gasteiger partial charge in [0.1, 0.15) is 12.4 Å². The second-order valence-corrected chi connectivity index (χ2v) is 5.04. The molecule has 0 unspecified atom stereocenters. The van der Waals surface area contributed by atoms with Gasteiger partial charge >= 0.3 is 0 Å². The van der Waals surface area contributed by atoms with E-state index < -0.39 is 0 Å². The zero-order valence-corrected chi connectivity index (χ0v) is 10.9. The quantitative estimate of drug-likeness (QED) is 0.822. The Balaban J connectivity index is 1.61. The van der Waals surface area contributed by atoms with Crippen molar-refractivity contribution in [1.29, 1.82) is 0 Å². The average molecular weight is 244 g/mol. The van der Waals surface area contributed by atoms with Gasteiger partial charge in [0.15, 0.2) is 0 Å². The average Bonchev–Trinajstić information content (AvgIpc) is 3.01. The summed E-state index contributed by atoms with van der Waals surface area (Å²) in [7, 11) is 2.07. The second-order valence-electron chi connectivity index (χ2n) is 5.04. The van der Waals surface area contributed by atoms with E-state index >= 15 is 0 Å². The largest absolute Gasteiger partial charge is 0.492 e. The van der Waals surface area contributed by atoms with Crippen molar-refractivity contribution in [3.63, 3.8) is 0 Å². The van der Waals surface area contributed by atoms with Crippen molar-refractivity contribution in [2.75, 3.05) is 26.2 Å². The van der Waals surface area contributed by atoms with Crippen LogP contribution in [0.2, 0.25) is 0 Å². The highest BCUT2D eigenvalue weighted by molar-refractivity contribution is 5.81. The topological polar surface area (TPSA) is 17.4 Å². The number of benzene rings is 1. The van der Waals surface area contributed by atoms with E-state index in [0.717, 1.165) is 18.9 Å². The molecule has 1 aliphatic heterocycles. The highest BCUT2D eigenvalue weighted by Gasteiger charge is 2.10. The number of aromatic nitrogens is 1. The predicted molar refractivity (Wildman–Crippen MR) is 74.1 cm³/mol. The molecule has 0 N–H and O–H groups in total. The van der Waals surface area contributed by atoms with Crippen molar-refractivity contribution in [1.82, 2.24) is 9.47 Å². The SMILES string of the molecule is Cn1ccc2ccc(OCCN3CCCC3)cc21. The van der Waals surface area contributed by atoms with E-state index in [-0.39, 0.29) is 0 Å². The molecule has 1 fully saturated rings. The van der Waals surface area contributed by atoms with Crippen molar-refractivity contribution in [3.05, 3.63) is 30.5 Å². The summed E-state index contributed by atoms with van der Waals surface area (Å²) in [4.78, 5) is 2.47. The third-order valence-electron chi connectivity index (χ3n) is 3.73. The van der Waals surface area contributed by atoms with Crippen LogP contribution in [0.15, 0.2) is 30.5 Å². The fourth-order valence-corrected chi connectivity index (χ4v) is 2.63. The number of nitrogens with zero attached hydrogens (tertiary/aromatic N) is 2. The smallest absolute Gasteiger partial charge is 0.121 e. The minimum absolute atomic E-state index is 0.788. The summed E-state index contributed by atoms with van der Waals surface area (Å²) >= 11 is 0. The third kappa shape index (κ3) is 2.36. The molecule has 0 amide bonds. The molecule has 0 saturated carbocycles. The minimum atomic E-state index is 0.788. The Hall–Kier alpha value is -1.48. The number of hydrogen-bond acceptors (Lipinski definition) is 2. The minimum Gasteiger partial charge on any atom is -0.492 e. The lowest BCUT2D eigenvalue weighted by Crippen LogP contribution is -2.25. The Kier molecular flexibility index (Phi) is 3.24. The molecular weight excluding hydrogens is 224 g/mol. The lowest BCUT2D eigenvalue weighted by atomic mass is 10.2. The first-order valence-corrected chi connectivity index (χ1v) is 6.73. The van der Waals surface area contributed by atoms with E-state index in [9.17, 15) is 0 Å². The maximum atomic E-state index is 5.85. The molecule has 0 radical (unpaired) electrons. The fourth-order valence-electron chi connectivity index (χ4n) is 2.63. The lowest BCUT2D eigenvalue weighted by molar-refractivity contribution is 0.238. The summed E-state index contributed by atoms with van der Waals surface area (Å²) in [6.07, 6.45) is 4.77. The highest BCUT2D eigenvalue weighted by atomic mass is 16.5. The zero-order chi connectivity index (χ0) is 12.4. The van der Waals surface area contributed by atoms with Crippen LogP contribution in [-0.4, -0.2) is 35.7 Å². The van der Waals surface area contributed by atoms with Gasteiger partial charge in [0.2, 0.25) is 0 Å². The van der Waals surface area contributed by atoms with Gasteiger partial charge in [-0.25, -0.2) is 0 Å². The molecule has 0 bridgehead atoms. The number of fused-ring (bicyclic) bond motifs is 1. The maximum absolute atomic E-state index is 5.85. The van der Waals surface area contributed by atoms with Crippen LogP contribution in [0.4, 0.5) is 0 Å². The number of rotatable bonds is 4. The molecule has 18 heavy (non-hydrogen) atoms. The van der Waals surface area contributed by atoms with Gasteiger partial charge in [-0.3, -0.25) is 4.90 Å². The van der Waals surface area contributed by atoms with Gasteiger partial charge in [-0.15, -0.1) is 0 Å². The van der Waals surface area contributed by atoms with Crippen LogP contribution in [0, 0.1) is 0 Å². The van der Waals surface area contributed by atoms with Gasteiger partial charge in [0, 0.05) is 25.9 Å². The van der Waals surface area contributed by atoms with Crippen LogP contribution in [0.5, 0.6) is 5.75 Å². The summed E-state index contributed by atoms with van der Waals surface area (Å²) in [5.74, 6) is 0.975. The van der Waals surface area contributed by atoms with Gasteiger partial charge < -0.3 is 9.30 Å². The standard InChI is InChI=1S/C15H20N2O/c1-16-9-6-13-4-5-14(12-15(13)16)18-11-10-17-7-2-3-8-17/h4-6,9,12H,2-3,7-8,10-11H2,1H3. The van der Waals surface area contributed by atoms with Crippen molar-refractivity contribution in [2.45, 2.75) is 12.8 Å². The van der Waals surface area contributed by atoms with Gasteiger partial charge in [0.25, 0.3) is 0 Å². The molecule has 1 aromatic heterocycles. The van der Waals surface area contributed by atoms with Crippen LogP contribution in [0.25, 0.3) is 10.9 Å². The second kappa shape index (κ2) is 5.02. The molecule has 1 aliphatic rings. The molecule has 2 aromatic rings. The molecular formula is C15H20N2O. The molecule has 96 valence electrons. The number of ether oxygens (including phenoxy) is 1.